The molecule has 5 heteroatoms. The molecule has 0 spiro atoms. The molecule has 0 unspecified atom stereocenters. The molecule has 19 heavy (non-hydrogen) atoms. The summed E-state index contributed by atoms with van der Waals surface area (Å²) in [6.07, 6.45) is 1.35. The molecule has 1 aromatic heterocycles. The molecule has 1 aromatic carbocycles. The standard InChI is InChI=1S/C14H14N2O3/c15-6-3-7-19-13(14(17)18)8-10-9-16-12-5-2-1-4-11(10)12/h1-2,4-5,9,13,16H,3,7-8H2,(H,17,18)/t13-/m0/s1. The van der Waals surface area contributed by atoms with Gasteiger partial charge in [0.05, 0.1) is 19.1 Å². The summed E-state index contributed by atoms with van der Waals surface area (Å²) in [5, 5.41) is 18.6. The molecule has 0 bridgehead atoms. The highest BCUT2D eigenvalue weighted by molar-refractivity contribution is 5.84. The SMILES string of the molecule is N#CCCO[C@@H](Cc1c[nH]c2ccccc12)C(=O)O. The minimum absolute atomic E-state index is 0.135. The number of ether oxygens (including phenoxy) is 1. The maximum atomic E-state index is 11.1. The van der Waals surface area contributed by atoms with Crippen LogP contribution in [0.15, 0.2) is 30.5 Å². The van der Waals surface area contributed by atoms with E-state index in [4.69, 9.17) is 15.1 Å². The molecule has 1 atom stereocenters. The van der Waals surface area contributed by atoms with Gasteiger partial charge in [-0.2, -0.15) is 5.26 Å². The van der Waals surface area contributed by atoms with E-state index in [1.807, 2.05) is 30.3 Å². The van der Waals surface area contributed by atoms with Crippen molar-refractivity contribution >= 4 is 16.9 Å². The third-order valence-corrected chi connectivity index (χ3v) is 2.89. The van der Waals surface area contributed by atoms with Crippen molar-refractivity contribution in [1.82, 2.24) is 4.98 Å². The number of rotatable bonds is 6. The third kappa shape index (κ3) is 3.12. The molecule has 5 nitrogen and oxygen atoms in total. The molecule has 2 aromatic rings. The molecule has 0 saturated carbocycles. The third-order valence-electron chi connectivity index (χ3n) is 2.89. The van der Waals surface area contributed by atoms with Crippen LogP contribution >= 0.6 is 0 Å². The van der Waals surface area contributed by atoms with Crippen LogP contribution in [0.3, 0.4) is 0 Å². The van der Waals surface area contributed by atoms with E-state index >= 15 is 0 Å². The van der Waals surface area contributed by atoms with Crippen molar-refractivity contribution in [2.75, 3.05) is 6.61 Å². The maximum absolute atomic E-state index is 11.1. The van der Waals surface area contributed by atoms with Crippen molar-refractivity contribution in [1.29, 1.82) is 5.26 Å². The molecule has 0 fully saturated rings. The molecule has 0 aliphatic rings. The van der Waals surface area contributed by atoms with Crippen LogP contribution in [0.2, 0.25) is 0 Å². The number of H-pyrrole nitrogens is 1. The summed E-state index contributed by atoms with van der Waals surface area (Å²) in [5.74, 6) is -1.01. The van der Waals surface area contributed by atoms with Gasteiger partial charge in [0.25, 0.3) is 0 Å². The molecular weight excluding hydrogens is 244 g/mol. The van der Waals surface area contributed by atoms with Gasteiger partial charge in [-0.15, -0.1) is 0 Å². The number of fused-ring (bicyclic) bond motifs is 1. The summed E-state index contributed by atoms with van der Waals surface area (Å²) in [4.78, 5) is 14.2. The van der Waals surface area contributed by atoms with Crippen molar-refractivity contribution < 1.29 is 14.6 Å². The fourth-order valence-electron chi connectivity index (χ4n) is 1.96. The van der Waals surface area contributed by atoms with Gasteiger partial charge >= 0.3 is 5.97 Å². The van der Waals surface area contributed by atoms with Gasteiger partial charge in [0, 0.05) is 23.5 Å². The zero-order chi connectivity index (χ0) is 13.7. The number of aromatic nitrogens is 1. The van der Waals surface area contributed by atoms with Crippen LogP contribution in [-0.2, 0) is 16.0 Å². The van der Waals surface area contributed by atoms with Gasteiger partial charge in [0.15, 0.2) is 6.10 Å². The lowest BCUT2D eigenvalue weighted by molar-refractivity contribution is -0.150. The van der Waals surface area contributed by atoms with Gasteiger partial charge in [-0.1, -0.05) is 18.2 Å². The summed E-state index contributed by atoms with van der Waals surface area (Å²) >= 11 is 0. The van der Waals surface area contributed by atoms with Crippen LogP contribution < -0.4 is 0 Å². The lowest BCUT2D eigenvalue weighted by Crippen LogP contribution is -2.26. The van der Waals surface area contributed by atoms with Crippen LogP contribution in [0, 0.1) is 11.3 Å². The second-order valence-corrected chi connectivity index (χ2v) is 4.17. The number of nitrogens with zero attached hydrogens (tertiary/aromatic N) is 1. The number of hydrogen-bond donors (Lipinski definition) is 2. The van der Waals surface area contributed by atoms with E-state index in [9.17, 15) is 4.79 Å². The average Bonchev–Trinajstić information content (AvgIpc) is 2.81. The first-order valence-corrected chi connectivity index (χ1v) is 5.98. The normalized spacial score (nSPS) is 12.2. The number of hydrogen-bond acceptors (Lipinski definition) is 3. The molecule has 2 N–H and O–H groups in total. The number of carboxylic acid groups (broad SMARTS) is 1. The van der Waals surface area contributed by atoms with Crippen LogP contribution in [-0.4, -0.2) is 28.8 Å². The minimum atomic E-state index is -1.01. The van der Waals surface area contributed by atoms with Crippen molar-refractivity contribution in [3.8, 4) is 6.07 Å². The van der Waals surface area contributed by atoms with Crippen molar-refractivity contribution in [3.05, 3.63) is 36.0 Å². The summed E-state index contributed by atoms with van der Waals surface area (Å²) in [5.41, 5.74) is 1.87. The first-order chi connectivity index (χ1) is 9.22. The van der Waals surface area contributed by atoms with Crippen molar-refractivity contribution in [2.24, 2.45) is 0 Å². The first-order valence-electron chi connectivity index (χ1n) is 5.98. The summed E-state index contributed by atoms with van der Waals surface area (Å²) in [6, 6.07) is 9.63. The van der Waals surface area contributed by atoms with Crippen LogP contribution in [0.5, 0.6) is 0 Å². The molecule has 98 valence electrons. The van der Waals surface area contributed by atoms with Crippen molar-refractivity contribution in [3.63, 3.8) is 0 Å². The number of benzene rings is 1. The zero-order valence-electron chi connectivity index (χ0n) is 10.3. The van der Waals surface area contributed by atoms with Crippen LogP contribution in [0.25, 0.3) is 10.9 Å². The largest absolute Gasteiger partial charge is 0.479 e. The molecule has 2 rings (SSSR count). The monoisotopic (exact) mass is 258 g/mol. The predicted octanol–water partition coefficient (Wildman–Crippen LogP) is 2.09. The van der Waals surface area contributed by atoms with E-state index in [2.05, 4.69) is 4.98 Å². The average molecular weight is 258 g/mol. The topological polar surface area (TPSA) is 86.1 Å². The Balaban J connectivity index is 2.12. The van der Waals surface area contributed by atoms with Gasteiger partial charge < -0.3 is 14.8 Å². The van der Waals surface area contributed by atoms with E-state index in [-0.39, 0.29) is 19.4 Å². The second kappa shape index (κ2) is 6.03. The summed E-state index contributed by atoms with van der Waals surface area (Å²) in [6.45, 7) is 0.135. The predicted molar refractivity (Wildman–Crippen MR) is 69.6 cm³/mol. The molecule has 0 amide bonds. The molecule has 0 aliphatic heterocycles. The number of carboxylic acids is 1. The van der Waals surface area contributed by atoms with E-state index in [1.54, 1.807) is 6.20 Å². The maximum Gasteiger partial charge on any atom is 0.333 e. The molecule has 0 aliphatic carbocycles. The fourth-order valence-corrected chi connectivity index (χ4v) is 1.96. The number of aromatic amines is 1. The van der Waals surface area contributed by atoms with Crippen LogP contribution in [0.4, 0.5) is 0 Å². The number of nitriles is 1. The Hall–Kier alpha value is -2.32. The quantitative estimate of drug-likeness (QED) is 0.777. The van der Waals surface area contributed by atoms with Crippen molar-refractivity contribution in [2.45, 2.75) is 18.9 Å². The van der Waals surface area contributed by atoms with Gasteiger partial charge in [-0.3, -0.25) is 0 Å². The van der Waals surface area contributed by atoms with E-state index in [0.717, 1.165) is 16.5 Å². The summed E-state index contributed by atoms with van der Waals surface area (Å²) < 4.78 is 5.23. The Labute approximate surface area is 110 Å². The van der Waals surface area contributed by atoms with Gasteiger partial charge in [-0.05, 0) is 11.6 Å². The lowest BCUT2D eigenvalue weighted by Gasteiger charge is -2.12. The first kappa shape index (κ1) is 13.1. The highest BCUT2D eigenvalue weighted by atomic mass is 16.5. The van der Waals surface area contributed by atoms with Gasteiger partial charge in [0.2, 0.25) is 0 Å². The highest BCUT2D eigenvalue weighted by Gasteiger charge is 2.20. The smallest absolute Gasteiger partial charge is 0.333 e. The van der Waals surface area contributed by atoms with E-state index < -0.39 is 12.1 Å². The zero-order valence-corrected chi connectivity index (χ0v) is 10.3. The Kier molecular flexibility index (Phi) is 4.16. The molecule has 0 saturated heterocycles. The lowest BCUT2D eigenvalue weighted by atomic mass is 10.1. The Morgan fingerprint density at radius 3 is 3.00 bits per heavy atom. The number of para-hydroxylation sites is 1. The van der Waals surface area contributed by atoms with E-state index in [1.165, 1.54) is 0 Å². The second-order valence-electron chi connectivity index (χ2n) is 4.17. The molecule has 0 radical (unpaired) electrons. The Morgan fingerprint density at radius 1 is 1.47 bits per heavy atom. The molecular formula is C14H14N2O3. The van der Waals surface area contributed by atoms with Crippen LogP contribution in [0.1, 0.15) is 12.0 Å². The Bertz CT molecular complexity index is 612. The number of nitrogens with one attached hydrogen (secondary N) is 1. The minimum Gasteiger partial charge on any atom is -0.479 e. The number of carbonyl (C=O) groups is 1. The highest BCUT2D eigenvalue weighted by Crippen LogP contribution is 2.19. The van der Waals surface area contributed by atoms with E-state index in [0.29, 0.717) is 0 Å². The fraction of sp³-hybridized carbons (Fsp3) is 0.286. The Morgan fingerprint density at radius 2 is 2.26 bits per heavy atom. The number of aliphatic carboxylic acids is 1. The van der Waals surface area contributed by atoms with Gasteiger partial charge in [-0.25, -0.2) is 4.79 Å². The summed E-state index contributed by atoms with van der Waals surface area (Å²) in [7, 11) is 0. The van der Waals surface area contributed by atoms with Gasteiger partial charge in [0.1, 0.15) is 0 Å². The molecule has 1 heterocycles.